The molecule has 5 heteroatoms. The molecule has 0 bridgehead atoms. The lowest BCUT2D eigenvalue weighted by atomic mass is 10.2. The van der Waals surface area contributed by atoms with E-state index in [-0.39, 0.29) is 12.5 Å². The molecule has 4 nitrogen and oxygen atoms in total. The number of hydrogen-bond acceptors (Lipinski definition) is 3. The van der Waals surface area contributed by atoms with Crippen LogP contribution < -0.4 is 16.4 Å². The molecule has 0 aliphatic rings. The monoisotopic (exact) mass is 347 g/mol. The number of amides is 1. The Labute approximate surface area is 115 Å². The highest BCUT2D eigenvalue weighted by Crippen LogP contribution is 2.25. The minimum atomic E-state index is -0.321. The Morgan fingerprint density at radius 3 is 2.59 bits per heavy atom. The number of anilines is 2. The molecule has 0 fully saturated rings. The van der Waals surface area contributed by atoms with Crippen molar-refractivity contribution in [1.29, 1.82) is 0 Å². The van der Waals surface area contributed by atoms with Gasteiger partial charge < -0.3 is 16.4 Å². The normalized spacial score (nSPS) is 10.6. The highest BCUT2D eigenvalue weighted by molar-refractivity contribution is 14.1. The van der Waals surface area contributed by atoms with Crippen molar-refractivity contribution in [2.75, 3.05) is 23.7 Å². The third-order valence-corrected chi connectivity index (χ3v) is 3.11. The lowest BCUT2D eigenvalue weighted by molar-refractivity contribution is -0.116. The van der Waals surface area contributed by atoms with Gasteiger partial charge in [0.2, 0.25) is 5.91 Å². The zero-order valence-corrected chi connectivity index (χ0v) is 12.3. The number of nitrogens with zero attached hydrogens (tertiary/aromatic N) is 1. The van der Waals surface area contributed by atoms with E-state index < -0.39 is 0 Å². The molecule has 1 aromatic carbocycles. The van der Waals surface area contributed by atoms with Gasteiger partial charge in [-0.2, -0.15) is 0 Å². The molecule has 0 spiro atoms. The quantitative estimate of drug-likeness (QED) is 0.630. The van der Waals surface area contributed by atoms with Gasteiger partial charge in [0, 0.05) is 15.8 Å². The standard InChI is InChI=1S/C12H18IN3O/c1-8(2)6-16(7-12(15)17)11-4-3-9(14)5-10(11)13/h3-5,8H,6-7,14H2,1-2H3,(H2,15,17). The summed E-state index contributed by atoms with van der Waals surface area (Å²) in [5.41, 5.74) is 12.7. The summed E-state index contributed by atoms with van der Waals surface area (Å²) >= 11 is 2.22. The molecule has 4 N–H and O–H groups in total. The molecule has 17 heavy (non-hydrogen) atoms. The molecule has 1 amide bonds. The summed E-state index contributed by atoms with van der Waals surface area (Å²) in [5.74, 6) is 0.140. The summed E-state index contributed by atoms with van der Waals surface area (Å²) < 4.78 is 1.03. The minimum absolute atomic E-state index is 0.234. The van der Waals surface area contributed by atoms with Crippen molar-refractivity contribution in [1.82, 2.24) is 0 Å². The lowest BCUT2D eigenvalue weighted by Gasteiger charge is -2.26. The van der Waals surface area contributed by atoms with E-state index >= 15 is 0 Å². The van der Waals surface area contributed by atoms with E-state index in [1.807, 2.05) is 23.1 Å². The molecular weight excluding hydrogens is 329 g/mol. The second-order valence-corrected chi connectivity index (χ2v) is 5.61. The molecule has 0 aliphatic heterocycles. The molecule has 0 saturated heterocycles. The van der Waals surface area contributed by atoms with Crippen LogP contribution in [-0.2, 0) is 4.79 Å². The number of benzene rings is 1. The van der Waals surface area contributed by atoms with Crippen molar-refractivity contribution in [3.63, 3.8) is 0 Å². The van der Waals surface area contributed by atoms with Gasteiger partial charge in [-0.15, -0.1) is 0 Å². The van der Waals surface area contributed by atoms with Gasteiger partial charge in [0.1, 0.15) is 0 Å². The first-order valence-electron chi connectivity index (χ1n) is 5.48. The molecule has 0 radical (unpaired) electrons. The average Bonchev–Trinajstić information content (AvgIpc) is 2.14. The third kappa shape index (κ3) is 4.41. The fourth-order valence-corrected chi connectivity index (χ4v) is 2.54. The van der Waals surface area contributed by atoms with Gasteiger partial charge in [0.15, 0.2) is 0 Å². The molecule has 0 saturated carbocycles. The van der Waals surface area contributed by atoms with Crippen LogP contribution in [0.15, 0.2) is 18.2 Å². The Hall–Kier alpha value is -0.980. The summed E-state index contributed by atoms with van der Waals surface area (Å²) in [5, 5.41) is 0. The van der Waals surface area contributed by atoms with Gasteiger partial charge in [0.05, 0.1) is 12.2 Å². The Morgan fingerprint density at radius 2 is 2.12 bits per heavy atom. The van der Waals surface area contributed by atoms with Crippen molar-refractivity contribution >= 4 is 39.9 Å². The van der Waals surface area contributed by atoms with Crippen LogP contribution in [0, 0.1) is 9.49 Å². The fourth-order valence-electron chi connectivity index (χ4n) is 1.66. The summed E-state index contributed by atoms with van der Waals surface area (Å²) in [4.78, 5) is 13.1. The number of nitrogen functional groups attached to an aromatic ring is 1. The SMILES string of the molecule is CC(C)CN(CC(N)=O)c1ccc(N)cc1I. The smallest absolute Gasteiger partial charge is 0.236 e. The minimum Gasteiger partial charge on any atom is -0.399 e. The van der Waals surface area contributed by atoms with E-state index in [9.17, 15) is 4.79 Å². The van der Waals surface area contributed by atoms with E-state index in [2.05, 4.69) is 36.4 Å². The highest BCUT2D eigenvalue weighted by atomic mass is 127. The van der Waals surface area contributed by atoms with Crippen LogP contribution in [0.25, 0.3) is 0 Å². The Balaban J connectivity index is 2.98. The predicted octanol–water partition coefficient (Wildman–Crippen LogP) is 1.82. The van der Waals surface area contributed by atoms with Gasteiger partial charge in [-0.3, -0.25) is 4.79 Å². The summed E-state index contributed by atoms with van der Waals surface area (Å²) in [6.45, 7) is 5.25. The van der Waals surface area contributed by atoms with Gasteiger partial charge in [-0.1, -0.05) is 13.8 Å². The first-order valence-corrected chi connectivity index (χ1v) is 6.56. The van der Waals surface area contributed by atoms with Crippen molar-refractivity contribution < 1.29 is 4.79 Å². The van der Waals surface area contributed by atoms with Crippen LogP contribution in [-0.4, -0.2) is 19.0 Å². The molecular formula is C12H18IN3O. The number of carbonyl (C=O) groups excluding carboxylic acids is 1. The van der Waals surface area contributed by atoms with Crippen LogP contribution in [0.3, 0.4) is 0 Å². The first kappa shape index (κ1) is 14.1. The van der Waals surface area contributed by atoms with Gasteiger partial charge in [-0.05, 0) is 46.7 Å². The third-order valence-electron chi connectivity index (χ3n) is 2.24. The molecule has 0 unspecified atom stereocenters. The second-order valence-electron chi connectivity index (χ2n) is 4.45. The van der Waals surface area contributed by atoms with Crippen LogP contribution in [0.1, 0.15) is 13.8 Å². The van der Waals surface area contributed by atoms with E-state index in [0.717, 1.165) is 21.5 Å². The number of hydrogen-bond donors (Lipinski definition) is 2. The molecule has 0 heterocycles. The summed E-state index contributed by atoms with van der Waals surface area (Å²) in [7, 11) is 0. The van der Waals surface area contributed by atoms with E-state index in [0.29, 0.717) is 5.92 Å². The highest BCUT2D eigenvalue weighted by Gasteiger charge is 2.14. The molecule has 1 aromatic rings. The number of nitrogens with two attached hydrogens (primary N) is 2. The van der Waals surface area contributed by atoms with Crippen LogP contribution in [0.4, 0.5) is 11.4 Å². The Morgan fingerprint density at radius 1 is 1.47 bits per heavy atom. The zero-order valence-electron chi connectivity index (χ0n) is 10.1. The van der Waals surface area contributed by atoms with Crippen molar-refractivity contribution in [3.8, 4) is 0 Å². The number of carbonyl (C=O) groups is 1. The van der Waals surface area contributed by atoms with Crippen LogP contribution in [0.5, 0.6) is 0 Å². The predicted molar refractivity (Wildman–Crippen MR) is 79.8 cm³/mol. The Kier molecular flexibility index (Phi) is 5.04. The summed E-state index contributed by atoms with van der Waals surface area (Å²) in [6.07, 6.45) is 0. The molecule has 0 aliphatic carbocycles. The molecule has 0 aromatic heterocycles. The topological polar surface area (TPSA) is 72.3 Å². The molecule has 94 valence electrons. The first-order chi connectivity index (χ1) is 7.90. The maximum absolute atomic E-state index is 11.1. The van der Waals surface area contributed by atoms with E-state index in [1.54, 1.807) is 0 Å². The fraction of sp³-hybridized carbons (Fsp3) is 0.417. The van der Waals surface area contributed by atoms with Gasteiger partial charge in [0.25, 0.3) is 0 Å². The maximum Gasteiger partial charge on any atom is 0.236 e. The lowest BCUT2D eigenvalue weighted by Crippen LogP contribution is -2.36. The number of rotatable bonds is 5. The number of primary amides is 1. The van der Waals surface area contributed by atoms with Crippen LogP contribution >= 0.6 is 22.6 Å². The van der Waals surface area contributed by atoms with Crippen molar-refractivity contribution in [3.05, 3.63) is 21.8 Å². The van der Waals surface area contributed by atoms with Crippen molar-refractivity contribution in [2.45, 2.75) is 13.8 Å². The molecule has 1 rings (SSSR count). The van der Waals surface area contributed by atoms with Crippen LogP contribution in [0.2, 0.25) is 0 Å². The molecule has 0 atom stereocenters. The van der Waals surface area contributed by atoms with Crippen molar-refractivity contribution in [2.24, 2.45) is 11.7 Å². The maximum atomic E-state index is 11.1. The van der Waals surface area contributed by atoms with E-state index in [4.69, 9.17) is 11.5 Å². The zero-order chi connectivity index (χ0) is 13.0. The van der Waals surface area contributed by atoms with Gasteiger partial charge in [-0.25, -0.2) is 0 Å². The van der Waals surface area contributed by atoms with Gasteiger partial charge >= 0.3 is 0 Å². The second kappa shape index (κ2) is 6.09. The average molecular weight is 347 g/mol. The summed E-state index contributed by atoms with van der Waals surface area (Å²) in [6, 6.07) is 5.67. The van der Waals surface area contributed by atoms with E-state index in [1.165, 1.54) is 0 Å². The number of halogens is 1. The largest absolute Gasteiger partial charge is 0.399 e. The Bertz CT molecular complexity index is 407.